The van der Waals surface area contributed by atoms with Crippen LogP contribution >= 0.6 is 0 Å². The third-order valence-corrected chi connectivity index (χ3v) is 10.1. The van der Waals surface area contributed by atoms with Gasteiger partial charge in [0.05, 0.1) is 30.0 Å². The number of carbonyl (C=O) groups excluding carboxylic acids is 1. The summed E-state index contributed by atoms with van der Waals surface area (Å²) < 4.78 is 34.4. The molecule has 1 fully saturated rings. The van der Waals surface area contributed by atoms with E-state index in [0.29, 0.717) is 35.7 Å². The molecular weight excluding hydrogens is 504 g/mol. The molecule has 1 unspecified atom stereocenters. The quantitative estimate of drug-likeness (QED) is 0.448. The lowest BCUT2D eigenvalue weighted by atomic mass is 9.91. The Labute approximate surface area is 224 Å². The summed E-state index contributed by atoms with van der Waals surface area (Å²) in [5.41, 5.74) is 3.14. The second kappa shape index (κ2) is 10.9. The Balaban J connectivity index is 1.60. The van der Waals surface area contributed by atoms with Gasteiger partial charge in [0.15, 0.2) is 0 Å². The Hall–Kier alpha value is -3.11. The minimum absolute atomic E-state index is 0.0366. The second-order valence-electron chi connectivity index (χ2n) is 10.4. The van der Waals surface area contributed by atoms with Crippen LogP contribution in [0.25, 0.3) is 10.9 Å². The Morgan fingerprint density at radius 3 is 2.45 bits per heavy atom. The fourth-order valence-electron chi connectivity index (χ4n) is 5.62. The number of nitrogens with zero attached hydrogens (tertiary/aromatic N) is 2. The number of fused-ring (bicyclic) bond motifs is 1. The van der Waals surface area contributed by atoms with Crippen molar-refractivity contribution in [1.82, 2.24) is 19.2 Å². The van der Waals surface area contributed by atoms with Crippen molar-refractivity contribution in [1.29, 1.82) is 0 Å². The zero-order chi connectivity index (χ0) is 27.8. The molecule has 0 bridgehead atoms. The number of para-hydroxylation sites is 1. The molecule has 2 N–H and O–H groups in total. The molecule has 3 heterocycles. The molecule has 4 rings (SSSR count). The minimum atomic E-state index is -3.26. The molecule has 0 saturated carbocycles. The van der Waals surface area contributed by atoms with Crippen molar-refractivity contribution in [2.45, 2.75) is 65.3 Å². The summed E-state index contributed by atoms with van der Waals surface area (Å²) in [6.45, 7) is 10.4. The van der Waals surface area contributed by atoms with Crippen molar-refractivity contribution in [3.63, 3.8) is 0 Å². The van der Waals surface area contributed by atoms with E-state index in [2.05, 4.69) is 21.8 Å². The van der Waals surface area contributed by atoms with Gasteiger partial charge in [0, 0.05) is 41.4 Å². The Bertz CT molecular complexity index is 1500. The average Bonchev–Trinajstić information content (AvgIpc) is 3.18. The van der Waals surface area contributed by atoms with Crippen LogP contribution in [0.3, 0.4) is 0 Å². The molecule has 2 aromatic heterocycles. The van der Waals surface area contributed by atoms with E-state index < -0.39 is 15.3 Å². The number of amides is 1. The first kappa shape index (κ1) is 27.9. The maximum absolute atomic E-state index is 13.5. The predicted molar refractivity (Wildman–Crippen MR) is 149 cm³/mol. The fourth-order valence-corrected chi connectivity index (χ4v) is 6.93. The fraction of sp³-hybridized carbons (Fsp3) is 0.500. The van der Waals surface area contributed by atoms with Gasteiger partial charge in [-0.25, -0.2) is 12.7 Å². The summed E-state index contributed by atoms with van der Waals surface area (Å²) in [6, 6.07) is 9.64. The van der Waals surface area contributed by atoms with E-state index in [0.717, 1.165) is 29.4 Å². The lowest BCUT2D eigenvalue weighted by Crippen LogP contribution is -2.43. The molecule has 1 aliphatic rings. The van der Waals surface area contributed by atoms with Crippen LogP contribution < -0.4 is 15.6 Å². The van der Waals surface area contributed by atoms with Crippen molar-refractivity contribution in [3.8, 4) is 5.75 Å². The van der Waals surface area contributed by atoms with Crippen LogP contribution in [0.1, 0.15) is 67.0 Å². The van der Waals surface area contributed by atoms with Crippen molar-refractivity contribution >= 4 is 26.8 Å². The lowest BCUT2D eigenvalue weighted by molar-refractivity contribution is 0.0951. The van der Waals surface area contributed by atoms with Crippen LogP contribution in [0.5, 0.6) is 5.75 Å². The molecule has 3 aromatic rings. The van der Waals surface area contributed by atoms with Gasteiger partial charge >= 0.3 is 0 Å². The molecule has 1 aromatic carbocycles. The number of H-pyrrole nitrogens is 1. The maximum Gasteiger partial charge on any atom is 0.256 e. The molecule has 0 radical (unpaired) electrons. The highest BCUT2D eigenvalue weighted by Crippen LogP contribution is 2.36. The third kappa shape index (κ3) is 5.11. The number of pyridine rings is 1. The number of hydrogen-bond acceptors (Lipinski definition) is 5. The first-order valence-electron chi connectivity index (χ1n) is 13.1. The Morgan fingerprint density at radius 2 is 1.82 bits per heavy atom. The van der Waals surface area contributed by atoms with Crippen LogP contribution in [0, 0.1) is 19.8 Å². The molecule has 0 spiro atoms. The van der Waals surface area contributed by atoms with Gasteiger partial charge < -0.3 is 19.6 Å². The van der Waals surface area contributed by atoms with E-state index in [1.165, 1.54) is 7.11 Å². The summed E-state index contributed by atoms with van der Waals surface area (Å²) in [5, 5.41) is 3.34. The number of piperidine rings is 1. The van der Waals surface area contributed by atoms with Crippen LogP contribution in [0.15, 0.2) is 35.1 Å². The van der Waals surface area contributed by atoms with E-state index in [4.69, 9.17) is 4.74 Å². The first-order chi connectivity index (χ1) is 18.0. The monoisotopic (exact) mass is 542 g/mol. The van der Waals surface area contributed by atoms with E-state index in [-0.39, 0.29) is 30.0 Å². The molecule has 38 heavy (non-hydrogen) atoms. The highest BCUT2D eigenvalue weighted by atomic mass is 32.2. The average molecular weight is 543 g/mol. The van der Waals surface area contributed by atoms with Crippen LogP contribution in [0.2, 0.25) is 0 Å². The number of ether oxygens (including phenoxy) is 1. The molecule has 9 nitrogen and oxygen atoms in total. The van der Waals surface area contributed by atoms with Crippen LogP contribution in [-0.4, -0.2) is 53.6 Å². The first-order valence-corrected chi connectivity index (χ1v) is 14.6. The van der Waals surface area contributed by atoms with Crippen LogP contribution in [-0.2, 0) is 16.6 Å². The van der Waals surface area contributed by atoms with Gasteiger partial charge in [-0.2, -0.15) is 0 Å². The van der Waals surface area contributed by atoms with Crippen LogP contribution in [0.4, 0.5) is 0 Å². The van der Waals surface area contributed by atoms with E-state index >= 15 is 0 Å². The molecule has 1 amide bonds. The van der Waals surface area contributed by atoms with Gasteiger partial charge in [0.1, 0.15) is 5.75 Å². The second-order valence-corrected chi connectivity index (χ2v) is 12.9. The minimum Gasteiger partial charge on any atom is -0.496 e. The Kier molecular flexibility index (Phi) is 8.04. The molecule has 1 atom stereocenters. The number of aromatic nitrogens is 2. The number of hydrogen-bond donors (Lipinski definition) is 2. The molecule has 1 saturated heterocycles. The van der Waals surface area contributed by atoms with Crippen molar-refractivity contribution in [2.75, 3.05) is 20.2 Å². The molecule has 1 aliphatic heterocycles. The highest BCUT2D eigenvalue weighted by Gasteiger charge is 2.34. The summed E-state index contributed by atoms with van der Waals surface area (Å²) >= 11 is 0. The highest BCUT2D eigenvalue weighted by molar-refractivity contribution is 7.89. The van der Waals surface area contributed by atoms with Gasteiger partial charge in [0.25, 0.3) is 11.5 Å². The zero-order valence-electron chi connectivity index (χ0n) is 23.0. The van der Waals surface area contributed by atoms with Crippen molar-refractivity contribution < 1.29 is 17.9 Å². The number of nitrogens with one attached hydrogen (secondary N) is 2. The van der Waals surface area contributed by atoms with Gasteiger partial charge in [0.2, 0.25) is 10.0 Å². The summed E-state index contributed by atoms with van der Waals surface area (Å²) in [5.74, 6) is 0.448. The molecule has 206 valence electrons. The van der Waals surface area contributed by atoms with E-state index in [9.17, 15) is 18.0 Å². The van der Waals surface area contributed by atoms with Gasteiger partial charge in [-0.15, -0.1) is 0 Å². The largest absolute Gasteiger partial charge is 0.496 e. The summed E-state index contributed by atoms with van der Waals surface area (Å²) in [6.07, 6.45) is 1.52. The lowest BCUT2D eigenvalue weighted by Gasteiger charge is -2.36. The number of sulfonamides is 1. The van der Waals surface area contributed by atoms with E-state index in [1.54, 1.807) is 31.1 Å². The van der Waals surface area contributed by atoms with Gasteiger partial charge in [-0.1, -0.05) is 18.2 Å². The molecule has 0 aliphatic carbocycles. The SMILES string of the molecule is COc1cc(C)[nH]c(=O)c1CNC(=O)c1c(C)n(C(C)C2CCN(S(=O)(=O)C(C)C)CC2)c2ccccc12. The normalized spacial score (nSPS) is 16.2. The number of benzene rings is 1. The summed E-state index contributed by atoms with van der Waals surface area (Å²) in [4.78, 5) is 28.8. The summed E-state index contributed by atoms with van der Waals surface area (Å²) in [7, 11) is -1.76. The Morgan fingerprint density at radius 1 is 1.16 bits per heavy atom. The number of carbonyl (C=O) groups is 1. The van der Waals surface area contributed by atoms with Crippen molar-refractivity contribution in [3.05, 3.63) is 63.2 Å². The van der Waals surface area contributed by atoms with E-state index in [1.807, 2.05) is 31.2 Å². The van der Waals surface area contributed by atoms with Gasteiger partial charge in [-0.3, -0.25) is 9.59 Å². The zero-order valence-corrected chi connectivity index (χ0v) is 23.8. The number of aryl methyl sites for hydroxylation is 1. The smallest absolute Gasteiger partial charge is 0.256 e. The number of rotatable bonds is 8. The maximum atomic E-state index is 13.5. The van der Waals surface area contributed by atoms with Crippen molar-refractivity contribution in [2.24, 2.45) is 5.92 Å². The predicted octanol–water partition coefficient (Wildman–Crippen LogP) is 3.90. The third-order valence-electron chi connectivity index (χ3n) is 7.80. The standard InChI is InChI=1S/C28H38N4O5S/c1-17(2)38(35,36)31-13-11-21(12-14-31)19(4)32-20(5)26(22-9-7-8-10-24(22)32)28(34)29-16-23-25(37-6)15-18(3)30-27(23)33/h7-10,15,17,19,21H,11-14,16H2,1-6H3,(H,29,34)(H,30,33). The number of methoxy groups -OCH3 is 1. The van der Waals surface area contributed by atoms with Gasteiger partial charge in [-0.05, 0) is 65.5 Å². The number of aromatic amines is 1. The molecular formula is C28H38N4O5S. The topological polar surface area (TPSA) is 114 Å². The molecule has 10 heteroatoms.